The standard InChI is InChI=1S/C20H19NO7/c1-27-18(25)20(19(26)28-2,15-11-7-4-8-12-15)21(13-16(22)23)17(24)14-9-5-3-6-10-14/h3-12H,13H2,1-2H3,(H,22,23). The van der Waals surface area contributed by atoms with Crippen molar-refractivity contribution >= 4 is 23.8 Å². The zero-order valence-electron chi connectivity index (χ0n) is 15.3. The molecule has 2 aromatic carbocycles. The number of benzene rings is 2. The summed E-state index contributed by atoms with van der Waals surface area (Å²) in [6.07, 6.45) is 0. The molecule has 8 heteroatoms. The van der Waals surface area contributed by atoms with E-state index in [1.165, 1.54) is 24.3 Å². The molecule has 0 bridgehead atoms. The summed E-state index contributed by atoms with van der Waals surface area (Å²) in [5.74, 6) is -4.55. The minimum atomic E-state index is -2.43. The van der Waals surface area contributed by atoms with E-state index in [9.17, 15) is 24.3 Å². The summed E-state index contributed by atoms with van der Waals surface area (Å²) >= 11 is 0. The van der Waals surface area contributed by atoms with Crippen LogP contribution < -0.4 is 0 Å². The second-order valence-electron chi connectivity index (χ2n) is 5.71. The van der Waals surface area contributed by atoms with Crippen LogP contribution in [0.4, 0.5) is 0 Å². The summed E-state index contributed by atoms with van der Waals surface area (Å²) in [5, 5.41) is 9.40. The Balaban J connectivity index is 2.81. The number of rotatable bonds is 7. The molecule has 0 saturated carbocycles. The van der Waals surface area contributed by atoms with Gasteiger partial charge < -0.3 is 14.6 Å². The van der Waals surface area contributed by atoms with Crippen LogP contribution in [0.1, 0.15) is 15.9 Å². The Labute approximate surface area is 161 Å². The fourth-order valence-electron chi connectivity index (χ4n) is 2.88. The lowest BCUT2D eigenvalue weighted by molar-refractivity contribution is -0.172. The minimum absolute atomic E-state index is 0.0410. The smallest absolute Gasteiger partial charge is 0.348 e. The Bertz CT molecular complexity index is 849. The highest BCUT2D eigenvalue weighted by molar-refractivity contribution is 6.11. The van der Waals surface area contributed by atoms with E-state index in [4.69, 9.17) is 9.47 Å². The Morgan fingerprint density at radius 2 is 1.32 bits per heavy atom. The van der Waals surface area contributed by atoms with Crippen LogP contribution in [0.2, 0.25) is 0 Å². The van der Waals surface area contributed by atoms with Crippen LogP contribution in [0.15, 0.2) is 60.7 Å². The van der Waals surface area contributed by atoms with E-state index in [1.807, 2.05) is 0 Å². The van der Waals surface area contributed by atoms with Crippen LogP contribution in [-0.2, 0) is 29.4 Å². The van der Waals surface area contributed by atoms with Gasteiger partial charge in [-0.2, -0.15) is 0 Å². The van der Waals surface area contributed by atoms with E-state index in [0.717, 1.165) is 14.2 Å². The quantitative estimate of drug-likeness (QED) is 0.567. The summed E-state index contributed by atoms with van der Waals surface area (Å²) < 4.78 is 9.63. The van der Waals surface area contributed by atoms with Crippen LogP contribution in [0.25, 0.3) is 0 Å². The first-order valence-corrected chi connectivity index (χ1v) is 8.20. The molecule has 1 amide bonds. The third kappa shape index (κ3) is 3.71. The molecule has 0 fully saturated rings. The number of amides is 1. The van der Waals surface area contributed by atoms with Crippen molar-refractivity contribution in [2.75, 3.05) is 20.8 Å². The molecule has 0 aliphatic heterocycles. The zero-order valence-corrected chi connectivity index (χ0v) is 15.3. The monoisotopic (exact) mass is 385 g/mol. The van der Waals surface area contributed by atoms with Crippen LogP contribution in [0.3, 0.4) is 0 Å². The number of carbonyl (C=O) groups excluding carboxylic acids is 3. The molecular formula is C20H19NO7. The van der Waals surface area contributed by atoms with Crippen molar-refractivity contribution in [3.8, 4) is 0 Å². The summed E-state index contributed by atoms with van der Waals surface area (Å²) in [6.45, 7) is -0.938. The van der Waals surface area contributed by atoms with Gasteiger partial charge in [-0.1, -0.05) is 48.5 Å². The summed E-state index contributed by atoms with van der Waals surface area (Å²) in [5.41, 5.74) is -2.30. The van der Waals surface area contributed by atoms with Crippen molar-refractivity contribution < 1.29 is 33.8 Å². The molecule has 0 radical (unpaired) electrons. The van der Waals surface area contributed by atoms with E-state index in [0.29, 0.717) is 4.90 Å². The van der Waals surface area contributed by atoms with Gasteiger partial charge in [0.25, 0.3) is 11.4 Å². The number of esters is 2. The summed E-state index contributed by atoms with van der Waals surface area (Å²) in [4.78, 5) is 51.2. The number of carboxylic acid groups (broad SMARTS) is 1. The van der Waals surface area contributed by atoms with Gasteiger partial charge in [0.2, 0.25) is 0 Å². The molecule has 0 aliphatic rings. The van der Waals surface area contributed by atoms with Gasteiger partial charge in [0.05, 0.1) is 14.2 Å². The minimum Gasteiger partial charge on any atom is -0.480 e. The number of hydrogen-bond donors (Lipinski definition) is 1. The van der Waals surface area contributed by atoms with E-state index in [2.05, 4.69) is 0 Å². The van der Waals surface area contributed by atoms with E-state index >= 15 is 0 Å². The lowest BCUT2D eigenvalue weighted by atomic mass is 9.86. The third-order valence-electron chi connectivity index (χ3n) is 4.12. The number of hydrogen-bond acceptors (Lipinski definition) is 6. The Kier molecular flexibility index (Phi) is 6.49. The van der Waals surface area contributed by atoms with Crippen molar-refractivity contribution in [1.82, 2.24) is 4.90 Å². The highest BCUT2D eigenvalue weighted by Crippen LogP contribution is 2.33. The van der Waals surface area contributed by atoms with E-state index in [1.54, 1.807) is 36.4 Å². The number of methoxy groups -OCH3 is 2. The summed E-state index contributed by atoms with van der Waals surface area (Å²) in [6, 6.07) is 15.3. The van der Waals surface area contributed by atoms with Gasteiger partial charge in [0, 0.05) is 11.1 Å². The van der Waals surface area contributed by atoms with Crippen molar-refractivity contribution in [1.29, 1.82) is 0 Å². The lowest BCUT2D eigenvalue weighted by Gasteiger charge is -2.38. The van der Waals surface area contributed by atoms with Crippen LogP contribution in [-0.4, -0.2) is 54.6 Å². The average molecular weight is 385 g/mol. The molecule has 0 saturated heterocycles. The number of carboxylic acids is 1. The van der Waals surface area contributed by atoms with Gasteiger partial charge in [-0.15, -0.1) is 0 Å². The van der Waals surface area contributed by atoms with Gasteiger partial charge in [-0.05, 0) is 12.1 Å². The van der Waals surface area contributed by atoms with Crippen LogP contribution in [0.5, 0.6) is 0 Å². The van der Waals surface area contributed by atoms with Gasteiger partial charge in [-0.25, -0.2) is 9.59 Å². The number of aliphatic carboxylic acids is 1. The molecule has 0 heterocycles. The van der Waals surface area contributed by atoms with Gasteiger partial charge in [-0.3, -0.25) is 14.5 Å². The van der Waals surface area contributed by atoms with Gasteiger partial charge >= 0.3 is 17.9 Å². The normalized spacial score (nSPS) is 10.6. The van der Waals surface area contributed by atoms with Crippen molar-refractivity contribution in [2.24, 2.45) is 0 Å². The third-order valence-corrected chi connectivity index (χ3v) is 4.12. The molecule has 0 spiro atoms. The molecular weight excluding hydrogens is 366 g/mol. The van der Waals surface area contributed by atoms with Crippen molar-refractivity contribution in [3.05, 3.63) is 71.8 Å². The first kappa shape index (κ1) is 20.6. The zero-order chi connectivity index (χ0) is 20.7. The molecule has 28 heavy (non-hydrogen) atoms. The number of ether oxygens (including phenoxy) is 2. The first-order valence-electron chi connectivity index (χ1n) is 8.20. The average Bonchev–Trinajstić information content (AvgIpc) is 2.73. The maximum atomic E-state index is 13.2. The second kappa shape index (κ2) is 8.81. The predicted octanol–water partition coefficient (Wildman–Crippen LogP) is 1.45. The fraction of sp³-hybridized carbons (Fsp3) is 0.200. The molecule has 2 aromatic rings. The second-order valence-corrected chi connectivity index (χ2v) is 5.71. The SMILES string of the molecule is COC(=O)C(C(=O)OC)(c1ccccc1)N(CC(=O)O)C(=O)c1ccccc1. The first-order chi connectivity index (χ1) is 13.4. The van der Waals surface area contributed by atoms with E-state index in [-0.39, 0.29) is 11.1 Å². The molecule has 1 N–H and O–H groups in total. The molecule has 0 unspecified atom stereocenters. The maximum Gasteiger partial charge on any atom is 0.348 e. The molecule has 0 atom stereocenters. The van der Waals surface area contributed by atoms with Gasteiger partial charge in [0.15, 0.2) is 0 Å². The molecule has 0 aliphatic carbocycles. The topological polar surface area (TPSA) is 110 Å². The Hall–Kier alpha value is -3.68. The number of carbonyl (C=O) groups is 4. The summed E-state index contributed by atoms with van der Waals surface area (Å²) in [7, 11) is 2.07. The maximum absolute atomic E-state index is 13.2. The van der Waals surface area contributed by atoms with Gasteiger partial charge in [0.1, 0.15) is 6.54 Å². The van der Waals surface area contributed by atoms with Crippen molar-refractivity contribution in [3.63, 3.8) is 0 Å². The highest BCUT2D eigenvalue weighted by Gasteiger charge is 2.57. The van der Waals surface area contributed by atoms with Crippen LogP contribution >= 0.6 is 0 Å². The van der Waals surface area contributed by atoms with E-state index < -0.39 is 35.9 Å². The highest BCUT2D eigenvalue weighted by atomic mass is 16.5. The molecule has 8 nitrogen and oxygen atoms in total. The largest absolute Gasteiger partial charge is 0.480 e. The fourth-order valence-corrected chi connectivity index (χ4v) is 2.88. The molecule has 0 aromatic heterocycles. The molecule has 2 rings (SSSR count). The van der Waals surface area contributed by atoms with Crippen LogP contribution in [0, 0.1) is 0 Å². The Morgan fingerprint density at radius 3 is 1.75 bits per heavy atom. The lowest BCUT2D eigenvalue weighted by Crippen LogP contribution is -2.61. The molecule has 146 valence electrons. The Morgan fingerprint density at radius 1 is 0.857 bits per heavy atom. The number of nitrogens with zero attached hydrogens (tertiary/aromatic N) is 1. The van der Waals surface area contributed by atoms with Crippen molar-refractivity contribution in [2.45, 2.75) is 5.54 Å². The predicted molar refractivity (Wildman–Crippen MR) is 97.3 cm³/mol.